The third-order valence-corrected chi connectivity index (χ3v) is 3.57. The summed E-state index contributed by atoms with van der Waals surface area (Å²) in [4.78, 5) is 16.3. The molecule has 5 heteroatoms. The molecule has 0 amide bonds. The molecule has 4 nitrogen and oxygen atoms in total. The first-order chi connectivity index (χ1) is 11.1. The molecule has 0 bridgehead atoms. The van der Waals surface area contributed by atoms with Crippen molar-refractivity contribution in [3.8, 4) is 11.3 Å². The van der Waals surface area contributed by atoms with E-state index in [0.717, 1.165) is 16.8 Å². The van der Waals surface area contributed by atoms with Crippen molar-refractivity contribution < 1.29 is 4.79 Å². The summed E-state index contributed by atoms with van der Waals surface area (Å²) in [5.74, 6) is -0.1000. The van der Waals surface area contributed by atoms with Crippen LogP contribution in [-0.2, 0) is 7.05 Å². The molecule has 0 saturated heterocycles. The number of aromatic nitrogens is 3. The van der Waals surface area contributed by atoms with Crippen LogP contribution in [0.4, 0.5) is 0 Å². The Morgan fingerprint density at radius 3 is 2.74 bits per heavy atom. The number of rotatable bonds is 4. The predicted molar refractivity (Wildman–Crippen MR) is 91.3 cm³/mol. The molecule has 0 aliphatic heterocycles. The third kappa shape index (κ3) is 3.55. The topological polar surface area (TPSA) is 47.8 Å². The average Bonchev–Trinajstić information content (AvgIpc) is 2.94. The highest BCUT2D eigenvalue weighted by molar-refractivity contribution is 6.31. The van der Waals surface area contributed by atoms with E-state index in [1.165, 1.54) is 6.08 Å². The maximum absolute atomic E-state index is 12.2. The van der Waals surface area contributed by atoms with Crippen LogP contribution in [0.25, 0.3) is 17.3 Å². The summed E-state index contributed by atoms with van der Waals surface area (Å²) >= 11 is 5.92. The number of allylic oxidation sites excluding steroid dienone is 1. The van der Waals surface area contributed by atoms with Crippen molar-refractivity contribution in [2.45, 2.75) is 0 Å². The van der Waals surface area contributed by atoms with Gasteiger partial charge in [-0.1, -0.05) is 23.7 Å². The van der Waals surface area contributed by atoms with Crippen LogP contribution < -0.4 is 0 Å². The van der Waals surface area contributed by atoms with E-state index in [0.29, 0.717) is 10.6 Å². The Hall–Kier alpha value is -2.72. The monoisotopic (exact) mass is 323 g/mol. The quantitative estimate of drug-likeness (QED) is 0.538. The molecular formula is C18H14ClN3O. The van der Waals surface area contributed by atoms with E-state index < -0.39 is 0 Å². The first kappa shape index (κ1) is 15.2. The number of hydrogen-bond acceptors (Lipinski definition) is 3. The molecule has 0 fully saturated rings. The molecule has 0 unspecified atom stereocenters. The van der Waals surface area contributed by atoms with Crippen LogP contribution in [-0.4, -0.2) is 20.5 Å². The lowest BCUT2D eigenvalue weighted by molar-refractivity contribution is 0.104. The average molecular weight is 324 g/mol. The Morgan fingerprint density at radius 1 is 1.22 bits per heavy atom. The highest BCUT2D eigenvalue weighted by atomic mass is 35.5. The summed E-state index contributed by atoms with van der Waals surface area (Å²) in [6, 6.07) is 10.7. The summed E-state index contributed by atoms with van der Waals surface area (Å²) in [5.41, 5.74) is 3.19. The van der Waals surface area contributed by atoms with E-state index in [4.69, 9.17) is 11.6 Å². The zero-order valence-electron chi connectivity index (χ0n) is 12.5. The molecular weight excluding hydrogens is 310 g/mol. The summed E-state index contributed by atoms with van der Waals surface area (Å²) in [7, 11) is 1.85. The fraction of sp³-hybridized carbons (Fsp3) is 0.0556. The lowest BCUT2D eigenvalue weighted by Gasteiger charge is -1.98. The molecule has 114 valence electrons. The van der Waals surface area contributed by atoms with Crippen LogP contribution in [0.2, 0.25) is 5.02 Å². The van der Waals surface area contributed by atoms with Crippen molar-refractivity contribution in [1.29, 1.82) is 0 Å². The zero-order valence-corrected chi connectivity index (χ0v) is 13.2. The van der Waals surface area contributed by atoms with Crippen LogP contribution in [0, 0.1) is 0 Å². The summed E-state index contributed by atoms with van der Waals surface area (Å²) in [6.07, 6.45) is 8.61. The van der Waals surface area contributed by atoms with Gasteiger partial charge in [0.1, 0.15) is 0 Å². The lowest BCUT2D eigenvalue weighted by Crippen LogP contribution is -1.93. The van der Waals surface area contributed by atoms with Crippen molar-refractivity contribution in [1.82, 2.24) is 14.8 Å². The van der Waals surface area contributed by atoms with E-state index in [1.807, 2.05) is 25.4 Å². The third-order valence-electron chi connectivity index (χ3n) is 3.33. The highest BCUT2D eigenvalue weighted by Crippen LogP contribution is 2.22. The summed E-state index contributed by atoms with van der Waals surface area (Å²) < 4.78 is 1.72. The minimum atomic E-state index is -0.1000. The second-order valence-corrected chi connectivity index (χ2v) is 5.49. The van der Waals surface area contributed by atoms with Crippen molar-refractivity contribution in [2.75, 3.05) is 0 Å². The van der Waals surface area contributed by atoms with Crippen LogP contribution in [0.3, 0.4) is 0 Å². The van der Waals surface area contributed by atoms with E-state index in [2.05, 4.69) is 10.1 Å². The second-order valence-electron chi connectivity index (χ2n) is 5.05. The van der Waals surface area contributed by atoms with Crippen LogP contribution in [0.1, 0.15) is 15.9 Å². The highest BCUT2D eigenvalue weighted by Gasteiger charge is 2.08. The molecule has 1 aromatic carbocycles. The van der Waals surface area contributed by atoms with Crippen molar-refractivity contribution in [3.63, 3.8) is 0 Å². The van der Waals surface area contributed by atoms with Crippen LogP contribution in [0.15, 0.2) is 61.1 Å². The SMILES string of the molecule is Cn1cc(/C=C/C(=O)c2cccc(Cl)c2)c(-c2ccncc2)n1. The van der Waals surface area contributed by atoms with Gasteiger partial charge < -0.3 is 0 Å². The Labute approximate surface area is 139 Å². The summed E-state index contributed by atoms with van der Waals surface area (Å²) in [6.45, 7) is 0. The number of ketones is 1. The van der Waals surface area contributed by atoms with E-state index in [1.54, 1.807) is 47.4 Å². The van der Waals surface area contributed by atoms with Gasteiger partial charge in [0.05, 0.1) is 5.69 Å². The fourth-order valence-corrected chi connectivity index (χ4v) is 2.46. The van der Waals surface area contributed by atoms with Gasteiger partial charge >= 0.3 is 0 Å². The number of benzene rings is 1. The number of carbonyl (C=O) groups is 1. The molecule has 0 radical (unpaired) electrons. The number of halogens is 1. The molecule has 0 aliphatic carbocycles. The van der Waals surface area contributed by atoms with Crippen molar-refractivity contribution in [2.24, 2.45) is 7.05 Å². The molecule has 0 spiro atoms. The Bertz CT molecular complexity index is 869. The van der Waals surface area contributed by atoms with Gasteiger partial charge in [-0.2, -0.15) is 5.10 Å². The molecule has 2 aromatic heterocycles. The normalized spacial score (nSPS) is 11.0. The van der Waals surface area contributed by atoms with Gasteiger partial charge in [0.15, 0.2) is 5.78 Å². The van der Waals surface area contributed by atoms with Gasteiger partial charge in [-0.05, 0) is 36.4 Å². The van der Waals surface area contributed by atoms with E-state index in [-0.39, 0.29) is 5.78 Å². The first-order valence-electron chi connectivity index (χ1n) is 7.05. The molecule has 23 heavy (non-hydrogen) atoms. The van der Waals surface area contributed by atoms with Crippen LogP contribution in [0.5, 0.6) is 0 Å². The van der Waals surface area contributed by atoms with Gasteiger partial charge in [-0.15, -0.1) is 0 Å². The number of hydrogen-bond donors (Lipinski definition) is 0. The van der Waals surface area contributed by atoms with Crippen LogP contribution >= 0.6 is 11.6 Å². The zero-order chi connectivity index (χ0) is 16.2. The maximum Gasteiger partial charge on any atom is 0.185 e. The Kier molecular flexibility index (Phi) is 4.35. The van der Waals surface area contributed by atoms with E-state index >= 15 is 0 Å². The lowest BCUT2D eigenvalue weighted by atomic mass is 10.1. The molecule has 3 rings (SSSR count). The second kappa shape index (κ2) is 6.58. The van der Waals surface area contributed by atoms with Gasteiger partial charge in [-0.3, -0.25) is 14.5 Å². The smallest absolute Gasteiger partial charge is 0.185 e. The molecule has 0 saturated carbocycles. The molecule has 2 heterocycles. The molecule has 0 N–H and O–H groups in total. The largest absolute Gasteiger partial charge is 0.289 e. The number of pyridine rings is 1. The maximum atomic E-state index is 12.2. The number of carbonyl (C=O) groups excluding carboxylic acids is 1. The molecule has 0 aliphatic rings. The predicted octanol–water partition coefficient (Wildman–Crippen LogP) is 4.03. The minimum Gasteiger partial charge on any atom is -0.289 e. The van der Waals surface area contributed by atoms with Gasteiger partial charge in [0.2, 0.25) is 0 Å². The number of nitrogens with zero attached hydrogens (tertiary/aromatic N) is 3. The Morgan fingerprint density at radius 2 is 2.00 bits per heavy atom. The van der Waals surface area contributed by atoms with Crippen molar-refractivity contribution >= 4 is 23.5 Å². The Balaban J connectivity index is 1.90. The van der Waals surface area contributed by atoms with E-state index in [9.17, 15) is 4.79 Å². The number of aryl methyl sites for hydroxylation is 1. The van der Waals surface area contributed by atoms with Crippen molar-refractivity contribution in [3.05, 3.63) is 77.2 Å². The molecule has 3 aromatic rings. The standard InChI is InChI=1S/C18H14ClN3O/c1-22-12-15(18(21-22)13-7-9-20-10-8-13)5-6-17(23)14-3-2-4-16(19)11-14/h2-12H,1H3/b6-5+. The molecule has 0 atom stereocenters. The minimum absolute atomic E-state index is 0.1000. The summed E-state index contributed by atoms with van der Waals surface area (Å²) in [5, 5.41) is 5.00. The van der Waals surface area contributed by atoms with Gasteiger partial charge in [-0.25, -0.2) is 0 Å². The van der Waals surface area contributed by atoms with Gasteiger partial charge in [0.25, 0.3) is 0 Å². The first-order valence-corrected chi connectivity index (χ1v) is 7.43. The van der Waals surface area contributed by atoms with Gasteiger partial charge in [0, 0.05) is 47.4 Å². The fourth-order valence-electron chi connectivity index (χ4n) is 2.27.